The highest BCUT2D eigenvalue weighted by Gasteiger charge is 2.30. The maximum atomic E-state index is 9.56. The van der Waals surface area contributed by atoms with Gasteiger partial charge >= 0.3 is 0 Å². The van der Waals surface area contributed by atoms with Crippen molar-refractivity contribution in [3.8, 4) is 5.75 Å². The van der Waals surface area contributed by atoms with Gasteiger partial charge in [0.2, 0.25) is 0 Å². The van der Waals surface area contributed by atoms with Crippen molar-refractivity contribution in [2.45, 2.75) is 6.04 Å². The Balaban J connectivity index is 2.03. The van der Waals surface area contributed by atoms with Crippen molar-refractivity contribution in [3.05, 3.63) is 57.5 Å². The Morgan fingerprint density at radius 2 is 2.05 bits per heavy atom. The van der Waals surface area contributed by atoms with Gasteiger partial charge in [0, 0.05) is 4.47 Å². The van der Waals surface area contributed by atoms with Gasteiger partial charge in [-0.15, -0.1) is 0 Å². The minimum Gasteiger partial charge on any atom is -0.506 e. The van der Waals surface area contributed by atoms with Crippen molar-refractivity contribution >= 4 is 39.2 Å². The van der Waals surface area contributed by atoms with Gasteiger partial charge < -0.3 is 15.7 Å². The molecule has 1 aliphatic rings. The first-order valence-corrected chi connectivity index (χ1v) is 7.57. The molecular weight excluding hydrogens is 354 g/mol. The van der Waals surface area contributed by atoms with Crippen molar-refractivity contribution in [3.63, 3.8) is 0 Å². The molecule has 0 amide bonds. The Labute approximate surface area is 136 Å². The first-order valence-electron chi connectivity index (χ1n) is 6.40. The number of phenols is 1. The summed E-state index contributed by atoms with van der Waals surface area (Å²) in [6.45, 7) is 0.550. The van der Waals surface area contributed by atoms with Gasteiger partial charge in [0.1, 0.15) is 5.75 Å². The van der Waals surface area contributed by atoms with Gasteiger partial charge in [0.25, 0.3) is 0 Å². The predicted octanol–water partition coefficient (Wildman–Crippen LogP) is 3.68. The average Bonchev–Trinajstić information content (AvgIpc) is 2.84. The van der Waals surface area contributed by atoms with E-state index in [1.54, 1.807) is 12.1 Å². The van der Waals surface area contributed by atoms with Crippen LogP contribution in [-0.2, 0) is 0 Å². The summed E-state index contributed by atoms with van der Waals surface area (Å²) in [6.07, 6.45) is 0. The zero-order valence-electron chi connectivity index (χ0n) is 11.0. The number of halogens is 2. The number of rotatable bonds is 2. The number of phenolic OH excluding ortho intramolecular Hbond substituents is 1. The third kappa shape index (κ3) is 2.59. The van der Waals surface area contributed by atoms with E-state index in [0.717, 1.165) is 15.7 Å². The van der Waals surface area contributed by atoms with Crippen molar-refractivity contribution in [1.82, 2.24) is 0 Å². The summed E-state index contributed by atoms with van der Waals surface area (Å²) in [5.41, 5.74) is 7.95. The zero-order chi connectivity index (χ0) is 15.0. The van der Waals surface area contributed by atoms with Crippen molar-refractivity contribution in [2.24, 2.45) is 10.7 Å². The van der Waals surface area contributed by atoms with E-state index in [1.807, 2.05) is 35.2 Å². The minimum absolute atomic E-state index is 0.0400. The van der Waals surface area contributed by atoms with Gasteiger partial charge in [-0.1, -0.05) is 29.8 Å². The Morgan fingerprint density at radius 1 is 1.29 bits per heavy atom. The molecule has 4 nitrogen and oxygen atoms in total. The van der Waals surface area contributed by atoms with Gasteiger partial charge in [-0.2, -0.15) is 0 Å². The molecule has 6 heteroatoms. The lowest BCUT2D eigenvalue weighted by molar-refractivity contribution is 0.475. The molecule has 0 saturated carbocycles. The van der Waals surface area contributed by atoms with Gasteiger partial charge in [-0.05, 0) is 45.8 Å². The van der Waals surface area contributed by atoms with Crippen LogP contribution in [0.25, 0.3) is 0 Å². The molecule has 108 valence electrons. The van der Waals surface area contributed by atoms with E-state index in [0.29, 0.717) is 17.5 Å². The third-order valence-electron chi connectivity index (χ3n) is 3.45. The number of para-hydroxylation sites is 1. The second-order valence-electron chi connectivity index (χ2n) is 4.75. The molecule has 1 heterocycles. The van der Waals surface area contributed by atoms with Gasteiger partial charge in [0.15, 0.2) is 5.96 Å². The Kier molecular flexibility index (Phi) is 3.78. The summed E-state index contributed by atoms with van der Waals surface area (Å²) in [5.74, 6) is 0.538. The number of nitrogens with two attached hydrogens (primary N) is 1. The van der Waals surface area contributed by atoms with E-state index < -0.39 is 0 Å². The van der Waals surface area contributed by atoms with Crippen LogP contribution in [0, 0.1) is 0 Å². The normalized spacial score (nSPS) is 17.9. The Bertz CT molecular complexity index is 720. The van der Waals surface area contributed by atoms with Crippen LogP contribution in [0.3, 0.4) is 0 Å². The van der Waals surface area contributed by atoms with Crippen LogP contribution in [0.2, 0.25) is 5.02 Å². The molecule has 3 rings (SSSR count). The second kappa shape index (κ2) is 5.58. The summed E-state index contributed by atoms with van der Waals surface area (Å²) < 4.78 is 0.944. The molecule has 2 aromatic rings. The number of guanidine groups is 1. The fraction of sp³-hybridized carbons (Fsp3) is 0.133. The van der Waals surface area contributed by atoms with E-state index in [2.05, 4.69) is 20.9 Å². The number of hydrogen-bond acceptors (Lipinski definition) is 4. The van der Waals surface area contributed by atoms with Crippen molar-refractivity contribution in [2.75, 3.05) is 11.4 Å². The van der Waals surface area contributed by atoms with E-state index in [4.69, 9.17) is 17.3 Å². The standard InChI is InChI=1S/C15H13BrClN3O/c16-10-3-1-2-4-12(10)20-13(8-19-15(20)18)9-5-6-14(21)11(17)7-9/h1-7,13,21H,8H2,(H2,18,19). The minimum atomic E-state index is -0.0400. The van der Waals surface area contributed by atoms with E-state index >= 15 is 0 Å². The molecule has 0 fully saturated rings. The zero-order valence-corrected chi connectivity index (χ0v) is 13.3. The lowest BCUT2D eigenvalue weighted by atomic mass is 10.1. The molecule has 0 aromatic heterocycles. The van der Waals surface area contributed by atoms with Crippen LogP contribution in [0.5, 0.6) is 5.75 Å². The second-order valence-corrected chi connectivity index (χ2v) is 6.01. The number of aromatic hydroxyl groups is 1. The molecule has 0 aliphatic carbocycles. The maximum Gasteiger partial charge on any atom is 0.196 e. The first kappa shape index (κ1) is 14.2. The molecule has 3 N–H and O–H groups in total. The third-order valence-corrected chi connectivity index (χ3v) is 4.43. The lowest BCUT2D eigenvalue weighted by Gasteiger charge is -2.27. The predicted molar refractivity (Wildman–Crippen MR) is 89.0 cm³/mol. The molecule has 21 heavy (non-hydrogen) atoms. The SMILES string of the molecule is NC1=NCC(c2ccc(O)c(Cl)c2)N1c1ccccc1Br. The molecule has 1 unspecified atom stereocenters. The molecule has 0 saturated heterocycles. The number of nitrogens with zero attached hydrogens (tertiary/aromatic N) is 2. The summed E-state index contributed by atoms with van der Waals surface area (Å²) in [4.78, 5) is 6.30. The quantitative estimate of drug-likeness (QED) is 0.852. The van der Waals surface area contributed by atoms with Crippen molar-refractivity contribution in [1.29, 1.82) is 0 Å². The largest absolute Gasteiger partial charge is 0.506 e. The van der Waals surface area contributed by atoms with Gasteiger partial charge in [0.05, 0.1) is 23.3 Å². The Hall–Kier alpha value is -1.72. The van der Waals surface area contributed by atoms with Crippen LogP contribution in [0.15, 0.2) is 51.9 Å². The molecule has 0 bridgehead atoms. The van der Waals surface area contributed by atoms with E-state index in [1.165, 1.54) is 0 Å². The summed E-state index contributed by atoms with van der Waals surface area (Å²) in [6, 6.07) is 13.0. The van der Waals surface area contributed by atoms with Crippen LogP contribution >= 0.6 is 27.5 Å². The van der Waals surface area contributed by atoms with Crippen LogP contribution in [-0.4, -0.2) is 17.6 Å². The lowest BCUT2D eigenvalue weighted by Crippen LogP contribution is -2.36. The number of benzene rings is 2. The number of hydrogen-bond donors (Lipinski definition) is 2. The Morgan fingerprint density at radius 3 is 2.76 bits per heavy atom. The molecule has 2 aromatic carbocycles. The van der Waals surface area contributed by atoms with Crippen LogP contribution in [0.1, 0.15) is 11.6 Å². The highest BCUT2D eigenvalue weighted by molar-refractivity contribution is 9.10. The summed E-state index contributed by atoms with van der Waals surface area (Å²) in [7, 11) is 0. The molecule has 1 aliphatic heterocycles. The highest BCUT2D eigenvalue weighted by Crippen LogP contribution is 2.37. The first-order chi connectivity index (χ1) is 10.1. The fourth-order valence-electron chi connectivity index (χ4n) is 2.42. The summed E-state index contributed by atoms with van der Waals surface area (Å²) >= 11 is 9.55. The van der Waals surface area contributed by atoms with E-state index in [-0.39, 0.29) is 11.8 Å². The monoisotopic (exact) mass is 365 g/mol. The fourth-order valence-corrected chi connectivity index (χ4v) is 3.09. The molecule has 0 radical (unpaired) electrons. The molecule has 1 atom stereocenters. The summed E-state index contributed by atoms with van der Waals surface area (Å²) in [5, 5.41) is 9.88. The maximum absolute atomic E-state index is 9.56. The topological polar surface area (TPSA) is 61.9 Å². The highest BCUT2D eigenvalue weighted by atomic mass is 79.9. The van der Waals surface area contributed by atoms with Gasteiger partial charge in [-0.25, -0.2) is 0 Å². The molecular formula is C15H13BrClN3O. The van der Waals surface area contributed by atoms with Crippen LogP contribution < -0.4 is 10.6 Å². The van der Waals surface area contributed by atoms with Crippen LogP contribution in [0.4, 0.5) is 5.69 Å². The smallest absolute Gasteiger partial charge is 0.196 e. The van der Waals surface area contributed by atoms with Gasteiger partial charge in [-0.3, -0.25) is 4.99 Å². The molecule has 0 spiro atoms. The van der Waals surface area contributed by atoms with Crippen molar-refractivity contribution < 1.29 is 5.11 Å². The average molecular weight is 367 g/mol. The van der Waals surface area contributed by atoms with E-state index in [9.17, 15) is 5.11 Å². The number of anilines is 1. The number of aliphatic imine (C=N–C) groups is 1.